The molecule has 20 heavy (non-hydrogen) atoms. The summed E-state index contributed by atoms with van der Waals surface area (Å²) in [6.45, 7) is 0. The van der Waals surface area contributed by atoms with Gasteiger partial charge in [0.2, 0.25) is 0 Å². The van der Waals surface area contributed by atoms with Crippen LogP contribution in [-0.2, 0) is 0 Å². The van der Waals surface area contributed by atoms with Gasteiger partial charge in [0.25, 0.3) is 5.56 Å². The second-order valence-electron chi connectivity index (χ2n) is 4.09. The van der Waals surface area contributed by atoms with Gasteiger partial charge in [0.15, 0.2) is 5.65 Å². The molecule has 100 valence electrons. The molecule has 1 aromatic carbocycles. The maximum atomic E-state index is 12.1. The average Bonchev–Trinajstić information content (AvgIpc) is 2.48. The smallest absolute Gasteiger partial charge is 0.318 e. The van der Waals surface area contributed by atoms with Crippen molar-refractivity contribution < 1.29 is 4.74 Å². The van der Waals surface area contributed by atoms with E-state index in [0.29, 0.717) is 22.5 Å². The van der Waals surface area contributed by atoms with Crippen molar-refractivity contribution >= 4 is 16.9 Å². The van der Waals surface area contributed by atoms with Crippen LogP contribution in [-0.4, -0.2) is 26.6 Å². The quantitative estimate of drug-likeness (QED) is 0.690. The number of fused-ring (bicyclic) bond motifs is 1. The normalized spacial score (nSPS) is 10.7. The topological polar surface area (TPSA) is 95.9 Å². The molecule has 0 aliphatic rings. The monoisotopic (exact) mass is 269 g/mol. The van der Waals surface area contributed by atoms with Crippen LogP contribution in [0.4, 0.5) is 5.69 Å². The van der Waals surface area contributed by atoms with Crippen LogP contribution in [0.2, 0.25) is 0 Å². The maximum absolute atomic E-state index is 12.1. The zero-order valence-electron chi connectivity index (χ0n) is 10.6. The molecule has 2 N–H and O–H groups in total. The van der Waals surface area contributed by atoms with E-state index in [9.17, 15) is 4.79 Å². The van der Waals surface area contributed by atoms with Gasteiger partial charge in [-0.15, -0.1) is 0 Å². The molecular formula is C13H11N5O2. The first-order valence-corrected chi connectivity index (χ1v) is 5.84. The van der Waals surface area contributed by atoms with Crippen molar-refractivity contribution in [2.24, 2.45) is 0 Å². The summed E-state index contributed by atoms with van der Waals surface area (Å²) in [6.07, 6.45) is 2.74. The molecule has 0 spiro atoms. The van der Waals surface area contributed by atoms with Crippen molar-refractivity contribution in [3.63, 3.8) is 0 Å². The zero-order chi connectivity index (χ0) is 14.1. The number of hydrogen-bond donors (Lipinski definition) is 1. The lowest BCUT2D eigenvalue weighted by molar-refractivity contribution is 0.381. The minimum atomic E-state index is -0.289. The number of hydrogen-bond acceptors (Lipinski definition) is 6. The number of ether oxygens (including phenoxy) is 1. The summed E-state index contributed by atoms with van der Waals surface area (Å²) in [5, 5.41) is 0. The van der Waals surface area contributed by atoms with Crippen LogP contribution < -0.4 is 16.0 Å². The molecule has 7 nitrogen and oxygen atoms in total. The molecule has 2 aromatic heterocycles. The molecule has 0 saturated carbocycles. The summed E-state index contributed by atoms with van der Waals surface area (Å²) < 4.78 is 6.42. The summed E-state index contributed by atoms with van der Waals surface area (Å²) in [4.78, 5) is 24.3. The van der Waals surface area contributed by atoms with Gasteiger partial charge in [-0.3, -0.25) is 9.36 Å². The SMILES string of the molecule is COc1ncc2ncc(=O)n(-c3ccc(N)cc3)c2n1. The van der Waals surface area contributed by atoms with Gasteiger partial charge < -0.3 is 10.5 Å². The third-order valence-electron chi connectivity index (χ3n) is 2.81. The van der Waals surface area contributed by atoms with Crippen LogP contribution in [0.5, 0.6) is 6.01 Å². The number of methoxy groups -OCH3 is 1. The van der Waals surface area contributed by atoms with E-state index in [4.69, 9.17) is 10.5 Å². The fraction of sp³-hybridized carbons (Fsp3) is 0.0769. The predicted octanol–water partition coefficient (Wildman–Crippen LogP) is 0.766. The molecule has 0 unspecified atom stereocenters. The number of benzene rings is 1. The summed E-state index contributed by atoms with van der Waals surface area (Å²) in [5.41, 5.74) is 7.52. The number of nitrogens with zero attached hydrogens (tertiary/aromatic N) is 4. The van der Waals surface area contributed by atoms with Crippen LogP contribution in [0.15, 0.2) is 41.5 Å². The Morgan fingerprint density at radius 3 is 2.60 bits per heavy atom. The Bertz CT molecular complexity index is 826. The van der Waals surface area contributed by atoms with Crippen molar-refractivity contribution in [1.82, 2.24) is 19.5 Å². The molecule has 0 aliphatic heterocycles. The molecule has 0 radical (unpaired) electrons. The number of aromatic nitrogens is 4. The predicted molar refractivity (Wildman–Crippen MR) is 73.9 cm³/mol. The van der Waals surface area contributed by atoms with Gasteiger partial charge in [-0.25, -0.2) is 9.97 Å². The van der Waals surface area contributed by atoms with Gasteiger partial charge in [-0.05, 0) is 24.3 Å². The summed E-state index contributed by atoms with van der Waals surface area (Å²) in [6, 6.07) is 7.09. The van der Waals surface area contributed by atoms with Gasteiger partial charge >= 0.3 is 6.01 Å². The van der Waals surface area contributed by atoms with Crippen molar-refractivity contribution in [3.8, 4) is 11.7 Å². The highest BCUT2D eigenvalue weighted by Gasteiger charge is 2.09. The lowest BCUT2D eigenvalue weighted by atomic mass is 10.3. The molecule has 0 saturated heterocycles. The molecule has 0 aliphatic carbocycles. The first kappa shape index (κ1) is 12.1. The van der Waals surface area contributed by atoms with Crippen molar-refractivity contribution in [3.05, 3.63) is 47.0 Å². The van der Waals surface area contributed by atoms with Crippen molar-refractivity contribution in [1.29, 1.82) is 0 Å². The average molecular weight is 269 g/mol. The highest BCUT2D eigenvalue weighted by atomic mass is 16.5. The molecule has 0 atom stereocenters. The largest absolute Gasteiger partial charge is 0.467 e. The Balaban J connectivity index is 2.35. The van der Waals surface area contributed by atoms with E-state index < -0.39 is 0 Å². The first-order chi connectivity index (χ1) is 9.69. The van der Waals surface area contributed by atoms with Crippen molar-refractivity contribution in [2.45, 2.75) is 0 Å². The van der Waals surface area contributed by atoms with Gasteiger partial charge in [-0.2, -0.15) is 4.98 Å². The van der Waals surface area contributed by atoms with Gasteiger partial charge in [0, 0.05) is 5.69 Å². The zero-order valence-corrected chi connectivity index (χ0v) is 10.6. The lowest BCUT2D eigenvalue weighted by Gasteiger charge is -2.09. The van der Waals surface area contributed by atoms with E-state index >= 15 is 0 Å². The lowest BCUT2D eigenvalue weighted by Crippen LogP contribution is -2.19. The van der Waals surface area contributed by atoms with Gasteiger partial charge in [0.05, 0.1) is 25.2 Å². The Morgan fingerprint density at radius 1 is 1.15 bits per heavy atom. The number of rotatable bonds is 2. The highest BCUT2D eigenvalue weighted by Crippen LogP contribution is 2.15. The molecule has 0 bridgehead atoms. The molecular weight excluding hydrogens is 258 g/mol. The van der Waals surface area contributed by atoms with E-state index in [2.05, 4.69) is 15.0 Å². The first-order valence-electron chi connectivity index (χ1n) is 5.84. The number of nitrogens with two attached hydrogens (primary N) is 1. The van der Waals surface area contributed by atoms with Crippen molar-refractivity contribution in [2.75, 3.05) is 12.8 Å². The van der Waals surface area contributed by atoms with E-state index in [0.717, 1.165) is 0 Å². The summed E-state index contributed by atoms with van der Waals surface area (Å²) in [5.74, 6) is 0. The fourth-order valence-corrected chi connectivity index (χ4v) is 1.86. The third kappa shape index (κ3) is 1.95. The van der Waals surface area contributed by atoms with Crippen LogP contribution in [0.3, 0.4) is 0 Å². The Hall–Kier alpha value is -2.96. The maximum Gasteiger partial charge on any atom is 0.318 e. The van der Waals surface area contributed by atoms with Crippen LogP contribution >= 0.6 is 0 Å². The molecule has 0 amide bonds. The summed E-state index contributed by atoms with van der Waals surface area (Å²) in [7, 11) is 1.46. The number of nitrogen functional groups attached to an aromatic ring is 1. The second-order valence-corrected chi connectivity index (χ2v) is 4.09. The fourth-order valence-electron chi connectivity index (χ4n) is 1.86. The molecule has 3 rings (SSSR count). The number of anilines is 1. The minimum Gasteiger partial charge on any atom is -0.467 e. The molecule has 0 fully saturated rings. The molecule has 7 heteroatoms. The summed E-state index contributed by atoms with van der Waals surface area (Å²) >= 11 is 0. The Morgan fingerprint density at radius 2 is 1.90 bits per heavy atom. The second kappa shape index (κ2) is 4.61. The Labute approximate surface area is 113 Å². The van der Waals surface area contributed by atoms with E-state index in [1.165, 1.54) is 24.1 Å². The van der Waals surface area contributed by atoms with Gasteiger partial charge in [-0.1, -0.05) is 0 Å². The Kier molecular flexibility index (Phi) is 2.79. The third-order valence-corrected chi connectivity index (χ3v) is 2.81. The minimum absolute atomic E-state index is 0.175. The standard InChI is InChI=1S/C13H11N5O2/c1-20-13-16-6-10-12(17-13)18(11(19)7-15-10)9-4-2-8(14)3-5-9/h2-7H,14H2,1H3. The van der Waals surface area contributed by atoms with E-state index in [1.54, 1.807) is 24.3 Å². The molecule has 3 aromatic rings. The molecule has 2 heterocycles. The highest BCUT2D eigenvalue weighted by molar-refractivity contribution is 5.71. The van der Waals surface area contributed by atoms with Crippen LogP contribution in [0.25, 0.3) is 16.9 Å². The van der Waals surface area contributed by atoms with E-state index in [-0.39, 0.29) is 11.6 Å². The van der Waals surface area contributed by atoms with Gasteiger partial charge in [0.1, 0.15) is 5.52 Å². The van der Waals surface area contributed by atoms with E-state index in [1.807, 2.05) is 0 Å². The van der Waals surface area contributed by atoms with Crippen LogP contribution in [0.1, 0.15) is 0 Å². The van der Waals surface area contributed by atoms with Crippen LogP contribution in [0, 0.1) is 0 Å².